The second-order valence-electron chi connectivity index (χ2n) is 2.36. The van der Waals surface area contributed by atoms with E-state index in [9.17, 15) is 9.59 Å². The molecule has 6 nitrogen and oxygen atoms in total. The zero-order valence-electron chi connectivity index (χ0n) is 7.75. The quantitative estimate of drug-likeness (QED) is 0.371. The van der Waals surface area contributed by atoms with Crippen molar-refractivity contribution in [2.24, 2.45) is 0 Å². The second kappa shape index (κ2) is 7.57. The van der Waals surface area contributed by atoms with Crippen molar-refractivity contribution in [3.8, 4) is 0 Å². The molecular weight excluding hydrogens is 256 g/mol. The lowest BCUT2D eigenvalue weighted by molar-refractivity contribution is -0.145. The summed E-state index contributed by atoms with van der Waals surface area (Å²) in [5.74, 6) is -0.472. The summed E-state index contributed by atoms with van der Waals surface area (Å²) < 4.78 is 4.73. The maximum absolute atomic E-state index is 11.2. The van der Waals surface area contributed by atoms with Crippen LogP contribution in [0.5, 0.6) is 0 Å². The topological polar surface area (TPSA) is 87.7 Å². The highest BCUT2D eigenvalue weighted by Crippen LogP contribution is 1.98. The third-order valence-electron chi connectivity index (χ3n) is 1.32. The molecule has 0 aliphatic carbocycles. The fourth-order valence-corrected chi connectivity index (χ4v) is 1.21. The van der Waals surface area contributed by atoms with Gasteiger partial charge >= 0.3 is 12.1 Å². The fourth-order valence-electron chi connectivity index (χ4n) is 0.750. The molecule has 0 rings (SSSR count). The van der Waals surface area contributed by atoms with E-state index in [1.54, 1.807) is 6.92 Å². The molecule has 0 bridgehead atoms. The standard InChI is InChI=1S/C7H13BrN2O4/c1-2-14-6(11)5(3-4-8)9-10-7(12)13/h5,9-10H,2-4H2,1H3,(H,12,13)/t5-/m0/s1. The van der Waals surface area contributed by atoms with Crippen molar-refractivity contribution in [1.82, 2.24) is 10.9 Å². The molecule has 1 amide bonds. The normalized spacial score (nSPS) is 11.9. The molecule has 0 aromatic rings. The van der Waals surface area contributed by atoms with E-state index in [1.165, 1.54) is 0 Å². The molecule has 0 spiro atoms. The van der Waals surface area contributed by atoms with Crippen LogP contribution < -0.4 is 10.9 Å². The number of nitrogens with one attached hydrogen (secondary N) is 2. The molecule has 3 N–H and O–H groups in total. The molecule has 1 atom stereocenters. The monoisotopic (exact) mass is 268 g/mol. The lowest BCUT2D eigenvalue weighted by atomic mass is 10.2. The Kier molecular flexibility index (Phi) is 7.13. The van der Waals surface area contributed by atoms with E-state index >= 15 is 0 Å². The molecule has 14 heavy (non-hydrogen) atoms. The Bertz CT molecular complexity index is 200. The van der Waals surface area contributed by atoms with Crippen molar-refractivity contribution in [3.63, 3.8) is 0 Å². The molecule has 0 aromatic heterocycles. The Morgan fingerprint density at radius 2 is 2.21 bits per heavy atom. The summed E-state index contributed by atoms with van der Waals surface area (Å²) in [7, 11) is 0. The first-order valence-corrected chi connectivity index (χ1v) is 5.21. The summed E-state index contributed by atoms with van der Waals surface area (Å²) in [6.45, 7) is 1.96. The van der Waals surface area contributed by atoms with Crippen molar-refractivity contribution in [2.45, 2.75) is 19.4 Å². The number of rotatable bonds is 6. The molecule has 0 aliphatic rings. The Morgan fingerprint density at radius 3 is 2.64 bits per heavy atom. The highest BCUT2D eigenvalue weighted by Gasteiger charge is 2.18. The molecule has 0 heterocycles. The van der Waals surface area contributed by atoms with Gasteiger partial charge in [0.25, 0.3) is 0 Å². The van der Waals surface area contributed by atoms with Gasteiger partial charge in [0, 0.05) is 5.33 Å². The highest BCUT2D eigenvalue weighted by atomic mass is 79.9. The van der Waals surface area contributed by atoms with Gasteiger partial charge in [0.1, 0.15) is 6.04 Å². The fraction of sp³-hybridized carbons (Fsp3) is 0.714. The number of carboxylic acid groups (broad SMARTS) is 1. The predicted octanol–water partition coefficient (Wildman–Crippen LogP) is 0.475. The van der Waals surface area contributed by atoms with Crippen LogP contribution in [0.1, 0.15) is 13.3 Å². The van der Waals surface area contributed by atoms with Crippen molar-refractivity contribution in [1.29, 1.82) is 0 Å². The van der Waals surface area contributed by atoms with E-state index in [-0.39, 0.29) is 6.61 Å². The van der Waals surface area contributed by atoms with Crippen molar-refractivity contribution >= 4 is 28.0 Å². The van der Waals surface area contributed by atoms with Gasteiger partial charge < -0.3 is 9.84 Å². The van der Waals surface area contributed by atoms with Gasteiger partial charge in [-0.2, -0.15) is 0 Å². The number of ether oxygens (including phenoxy) is 1. The zero-order valence-corrected chi connectivity index (χ0v) is 9.33. The van der Waals surface area contributed by atoms with E-state index < -0.39 is 18.1 Å². The van der Waals surface area contributed by atoms with E-state index in [1.807, 2.05) is 5.43 Å². The van der Waals surface area contributed by atoms with Gasteiger partial charge in [0.05, 0.1) is 6.61 Å². The summed E-state index contributed by atoms with van der Waals surface area (Å²) in [6, 6.07) is -0.662. The SMILES string of the molecule is CCOC(=O)[C@H](CCBr)NNC(=O)O. The van der Waals surface area contributed by atoms with Crippen LogP contribution in [0.15, 0.2) is 0 Å². The summed E-state index contributed by atoms with van der Waals surface area (Å²) in [5, 5.41) is 8.88. The molecule has 0 aliphatic heterocycles. The van der Waals surface area contributed by atoms with Crippen LogP contribution in [0.4, 0.5) is 4.79 Å². The van der Waals surface area contributed by atoms with E-state index in [0.717, 1.165) is 0 Å². The molecule has 82 valence electrons. The van der Waals surface area contributed by atoms with Crippen LogP contribution >= 0.6 is 15.9 Å². The zero-order chi connectivity index (χ0) is 11.0. The summed E-state index contributed by atoms with van der Waals surface area (Å²) in [5.41, 5.74) is 4.27. The number of hydrogen-bond donors (Lipinski definition) is 3. The Morgan fingerprint density at radius 1 is 1.57 bits per heavy atom. The minimum atomic E-state index is -1.24. The van der Waals surface area contributed by atoms with E-state index in [2.05, 4.69) is 21.4 Å². The Labute approximate surface area is 90.1 Å². The molecule has 0 radical (unpaired) electrons. The molecule has 0 unspecified atom stereocenters. The van der Waals surface area contributed by atoms with Crippen LogP contribution in [0, 0.1) is 0 Å². The largest absolute Gasteiger partial charge is 0.465 e. The van der Waals surface area contributed by atoms with Crippen molar-refractivity contribution in [3.05, 3.63) is 0 Å². The lowest BCUT2D eigenvalue weighted by Crippen LogP contribution is -2.48. The summed E-state index contributed by atoms with van der Waals surface area (Å²) >= 11 is 3.15. The third kappa shape index (κ3) is 5.76. The molecular formula is C7H13BrN2O4. The predicted molar refractivity (Wildman–Crippen MR) is 53.1 cm³/mol. The minimum absolute atomic E-state index is 0.270. The van der Waals surface area contributed by atoms with Gasteiger partial charge in [-0.05, 0) is 13.3 Å². The number of amides is 1. The number of halogens is 1. The van der Waals surface area contributed by atoms with Crippen molar-refractivity contribution in [2.75, 3.05) is 11.9 Å². The summed E-state index contributed by atoms with van der Waals surface area (Å²) in [4.78, 5) is 21.4. The Hall–Kier alpha value is -0.820. The molecule has 0 aromatic carbocycles. The van der Waals surface area contributed by atoms with Crippen LogP contribution in [0.2, 0.25) is 0 Å². The van der Waals surface area contributed by atoms with Crippen LogP contribution in [0.25, 0.3) is 0 Å². The Balaban J connectivity index is 3.99. The third-order valence-corrected chi connectivity index (χ3v) is 1.78. The number of hydrogen-bond acceptors (Lipinski definition) is 4. The lowest BCUT2D eigenvalue weighted by Gasteiger charge is -2.15. The number of hydrazine groups is 1. The average Bonchev–Trinajstić information content (AvgIpc) is 2.12. The number of carbonyl (C=O) groups is 2. The van der Waals surface area contributed by atoms with E-state index in [4.69, 9.17) is 9.84 Å². The first-order chi connectivity index (χ1) is 6.61. The van der Waals surface area contributed by atoms with Gasteiger partial charge in [0.15, 0.2) is 0 Å². The van der Waals surface area contributed by atoms with Crippen LogP contribution in [-0.4, -0.2) is 35.1 Å². The maximum Gasteiger partial charge on any atom is 0.419 e. The maximum atomic E-state index is 11.2. The smallest absolute Gasteiger partial charge is 0.419 e. The van der Waals surface area contributed by atoms with Gasteiger partial charge in [0.2, 0.25) is 0 Å². The van der Waals surface area contributed by atoms with Gasteiger partial charge in [-0.3, -0.25) is 10.2 Å². The number of carbonyl (C=O) groups excluding carboxylic acids is 1. The number of alkyl halides is 1. The van der Waals surface area contributed by atoms with Crippen LogP contribution in [0.3, 0.4) is 0 Å². The van der Waals surface area contributed by atoms with E-state index in [0.29, 0.717) is 11.8 Å². The molecule has 0 fully saturated rings. The van der Waals surface area contributed by atoms with Crippen LogP contribution in [-0.2, 0) is 9.53 Å². The first-order valence-electron chi connectivity index (χ1n) is 4.08. The van der Waals surface area contributed by atoms with Gasteiger partial charge in [-0.1, -0.05) is 15.9 Å². The summed E-state index contributed by atoms with van der Waals surface area (Å²) in [6.07, 6.45) is -0.798. The van der Waals surface area contributed by atoms with Crippen molar-refractivity contribution < 1.29 is 19.4 Å². The molecule has 0 saturated carbocycles. The first kappa shape index (κ1) is 13.2. The molecule has 7 heteroatoms. The average molecular weight is 269 g/mol. The van der Waals surface area contributed by atoms with Gasteiger partial charge in [-0.25, -0.2) is 10.2 Å². The van der Waals surface area contributed by atoms with Gasteiger partial charge in [-0.15, -0.1) is 0 Å². The molecule has 0 saturated heterocycles. The second-order valence-corrected chi connectivity index (χ2v) is 3.15. The highest BCUT2D eigenvalue weighted by molar-refractivity contribution is 9.09. The number of esters is 1. The minimum Gasteiger partial charge on any atom is -0.465 e.